The van der Waals surface area contributed by atoms with Crippen molar-refractivity contribution in [2.24, 2.45) is 5.41 Å². The molecule has 0 aliphatic heterocycles. The lowest BCUT2D eigenvalue weighted by molar-refractivity contribution is -0.122. The van der Waals surface area contributed by atoms with Gasteiger partial charge >= 0.3 is 0 Å². The summed E-state index contributed by atoms with van der Waals surface area (Å²) in [6.07, 6.45) is 1.47. The van der Waals surface area contributed by atoms with Crippen molar-refractivity contribution >= 4 is 23.2 Å². The SMILES string of the molecule is CCOc1ccc(NC(=O)C2(CO)CC2)cc1Cl. The van der Waals surface area contributed by atoms with Crippen molar-refractivity contribution in [2.75, 3.05) is 18.5 Å². The summed E-state index contributed by atoms with van der Waals surface area (Å²) in [7, 11) is 0. The molecule has 5 heteroatoms. The summed E-state index contributed by atoms with van der Waals surface area (Å²) in [6.45, 7) is 2.31. The fourth-order valence-electron chi connectivity index (χ4n) is 1.72. The van der Waals surface area contributed by atoms with E-state index in [1.54, 1.807) is 18.2 Å². The molecule has 1 amide bonds. The Morgan fingerprint density at radius 3 is 2.78 bits per heavy atom. The Bertz CT molecular complexity index is 458. The molecule has 1 aromatic carbocycles. The van der Waals surface area contributed by atoms with Crippen LogP contribution in [0.2, 0.25) is 5.02 Å². The molecule has 1 fully saturated rings. The van der Waals surface area contributed by atoms with Crippen molar-refractivity contribution in [3.8, 4) is 5.75 Å². The molecule has 1 aromatic rings. The number of amides is 1. The van der Waals surface area contributed by atoms with Gasteiger partial charge in [-0.1, -0.05) is 11.6 Å². The summed E-state index contributed by atoms with van der Waals surface area (Å²) in [5.74, 6) is 0.450. The summed E-state index contributed by atoms with van der Waals surface area (Å²) < 4.78 is 5.31. The van der Waals surface area contributed by atoms with E-state index < -0.39 is 5.41 Å². The van der Waals surface area contributed by atoms with Crippen LogP contribution in [0.3, 0.4) is 0 Å². The number of halogens is 1. The van der Waals surface area contributed by atoms with Crippen LogP contribution in [0.15, 0.2) is 18.2 Å². The molecular weight excluding hydrogens is 254 g/mol. The molecule has 0 saturated heterocycles. The maximum atomic E-state index is 11.9. The Morgan fingerprint density at radius 1 is 1.56 bits per heavy atom. The number of anilines is 1. The highest BCUT2D eigenvalue weighted by Crippen LogP contribution is 2.46. The van der Waals surface area contributed by atoms with Crippen molar-refractivity contribution in [3.05, 3.63) is 23.2 Å². The summed E-state index contributed by atoms with van der Waals surface area (Å²) in [4.78, 5) is 11.9. The topological polar surface area (TPSA) is 58.6 Å². The lowest BCUT2D eigenvalue weighted by Gasteiger charge is -2.13. The second kappa shape index (κ2) is 5.16. The average Bonchev–Trinajstić information content (AvgIpc) is 3.14. The van der Waals surface area contributed by atoms with Gasteiger partial charge in [-0.15, -0.1) is 0 Å². The Labute approximate surface area is 111 Å². The predicted molar refractivity (Wildman–Crippen MR) is 70.0 cm³/mol. The fourth-order valence-corrected chi connectivity index (χ4v) is 1.96. The van der Waals surface area contributed by atoms with Crippen LogP contribution in [-0.2, 0) is 4.79 Å². The molecule has 0 unspecified atom stereocenters. The summed E-state index contributed by atoms with van der Waals surface area (Å²) in [5, 5.41) is 12.4. The highest BCUT2D eigenvalue weighted by Gasteiger charge is 2.49. The maximum Gasteiger partial charge on any atom is 0.232 e. The van der Waals surface area contributed by atoms with Crippen LogP contribution in [0.5, 0.6) is 5.75 Å². The summed E-state index contributed by atoms with van der Waals surface area (Å²) in [6, 6.07) is 5.11. The van der Waals surface area contributed by atoms with Crippen LogP contribution in [0.1, 0.15) is 19.8 Å². The first-order valence-electron chi connectivity index (χ1n) is 5.96. The monoisotopic (exact) mass is 269 g/mol. The molecule has 1 aliphatic rings. The van der Waals surface area contributed by atoms with E-state index >= 15 is 0 Å². The number of nitrogens with one attached hydrogen (secondary N) is 1. The number of carbonyl (C=O) groups excluding carboxylic acids is 1. The summed E-state index contributed by atoms with van der Waals surface area (Å²) in [5.41, 5.74) is 0.0404. The number of ether oxygens (including phenoxy) is 1. The number of carbonyl (C=O) groups is 1. The molecule has 0 heterocycles. The van der Waals surface area contributed by atoms with Gasteiger partial charge in [-0.05, 0) is 38.0 Å². The van der Waals surface area contributed by atoms with Gasteiger partial charge in [0.05, 0.1) is 23.7 Å². The number of hydrogen-bond acceptors (Lipinski definition) is 3. The zero-order chi connectivity index (χ0) is 13.2. The second-order valence-electron chi connectivity index (χ2n) is 4.47. The highest BCUT2D eigenvalue weighted by molar-refractivity contribution is 6.32. The highest BCUT2D eigenvalue weighted by atomic mass is 35.5. The zero-order valence-electron chi connectivity index (χ0n) is 10.2. The van der Waals surface area contributed by atoms with E-state index in [4.69, 9.17) is 21.4 Å². The smallest absolute Gasteiger partial charge is 0.232 e. The Kier molecular flexibility index (Phi) is 3.78. The number of hydrogen-bond donors (Lipinski definition) is 2. The van der Waals surface area contributed by atoms with Crippen molar-refractivity contribution in [1.82, 2.24) is 0 Å². The van der Waals surface area contributed by atoms with Crippen LogP contribution in [-0.4, -0.2) is 24.2 Å². The average molecular weight is 270 g/mol. The third kappa shape index (κ3) is 2.60. The van der Waals surface area contributed by atoms with Crippen LogP contribution < -0.4 is 10.1 Å². The zero-order valence-corrected chi connectivity index (χ0v) is 11.0. The van der Waals surface area contributed by atoms with E-state index in [2.05, 4.69) is 5.32 Å². The number of aliphatic hydroxyl groups excluding tert-OH is 1. The van der Waals surface area contributed by atoms with E-state index in [9.17, 15) is 4.79 Å². The van der Waals surface area contributed by atoms with Crippen molar-refractivity contribution in [1.29, 1.82) is 0 Å². The molecule has 1 aliphatic carbocycles. The standard InChI is InChI=1S/C13H16ClNO3/c1-2-18-11-4-3-9(7-10(11)14)15-12(17)13(8-16)5-6-13/h3-4,7,16H,2,5-6,8H2,1H3,(H,15,17). The third-order valence-electron chi connectivity index (χ3n) is 3.13. The van der Waals surface area contributed by atoms with E-state index in [1.165, 1.54) is 0 Å². The first-order valence-corrected chi connectivity index (χ1v) is 6.34. The van der Waals surface area contributed by atoms with E-state index in [0.29, 0.717) is 23.1 Å². The van der Waals surface area contributed by atoms with Crippen molar-refractivity contribution < 1.29 is 14.6 Å². The first-order chi connectivity index (χ1) is 8.61. The van der Waals surface area contributed by atoms with Gasteiger partial charge in [0.25, 0.3) is 0 Å². The van der Waals surface area contributed by atoms with Gasteiger partial charge in [0.1, 0.15) is 5.75 Å². The number of benzene rings is 1. The molecule has 18 heavy (non-hydrogen) atoms. The predicted octanol–water partition coefficient (Wildman–Crippen LogP) is 2.45. The molecule has 2 rings (SSSR count). The molecule has 2 N–H and O–H groups in total. The van der Waals surface area contributed by atoms with Gasteiger partial charge in [0.2, 0.25) is 5.91 Å². The second-order valence-corrected chi connectivity index (χ2v) is 4.88. The molecule has 0 radical (unpaired) electrons. The molecule has 0 aromatic heterocycles. The Balaban J connectivity index is 2.06. The number of rotatable bonds is 5. The molecule has 0 spiro atoms. The minimum Gasteiger partial charge on any atom is -0.492 e. The molecular formula is C13H16ClNO3. The lowest BCUT2D eigenvalue weighted by atomic mass is 10.1. The molecule has 1 saturated carbocycles. The minimum absolute atomic E-state index is 0.108. The van der Waals surface area contributed by atoms with Gasteiger partial charge in [0, 0.05) is 5.69 Å². The van der Waals surface area contributed by atoms with E-state index in [0.717, 1.165) is 12.8 Å². The quantitative estimate of drug-likeness (QED) is 0.863. The molecule has 0 atom stereocenters. The van der Waals surface area contributed by atoms with Gasteiger partial charge in [-0.25, -0.2) is 0 Å². The van der Waals surface area contributed by atoms with Crippen LogP contribution in [0, 0.1) is 5.41 Å². The third-order valence-corrected chi connectivity index (χ3v) is 3.42. The van der Waals surface area contributed by atoms with Gasteiger partial charge in [-0.2, -0.15) is 0 Å². The lowest BCUT2D eigenvalue weighted by Crippen LogP contribution is -2.27. The van der Waals surface area contributed by atoms with E-state index in [1.807, 2.05) is 6.92 Å². The van der Waals surface area contributed by atoms with Crippen LogP contribution in [0.25, 0.3) is 0 Å². The minimum atomic E-state index is -0.578. The molecule has 4 nitrogen and oxygen atoms in total. The molecule has 0 bridgehead atoms. The maximum absolute atomic E-state index is 11.9. The Hall–Kier alpha value is -1.26. The Morgan fingerprint density at radius 2 is 2.28 bits per heavy atom. The molecule has 98 valence electrons. The van der Waals surface area contributed by atoms with Gasteiger partial charge < -0.3 is 15.2 Å². The normalized spacial score (nSPS) is 16.2. The van der Waals surface area contributed by atoms with Gasteiger partial charge in [0.15, 0.2) is 0 Å². The fraction of sp³-hybridized carbons (Fsp3) is 0.462. The summed E-state index contributed by atoms with van der Waals surface area (Å²) >= 11 is 6.03. The first kappa shape index (κ1) is 13.2. The van der Waals surface area contributed by atoms with Crippen molar-refractivity contribution in [3.63, 3.8) is 0 Å². The van der Waals surface area contributed by atoms with E-state index in [-0.39, 0.29) is 12.5 Å². The largest absolute Gasteiger partial charge is 0.492 e. The van der Waals surface area contributed by atoms with Crippen LogP contribution in [0.4, 0.5) is 5.69 Å². The number of aliphatic hydroxyl groups is 1. The van der Waals surface area contributed by atoms with Gasteiger partial charge in [-0.3, -0.25) is 4.79 Å². The van der Waals surface area contributed by atoms with Crippen molar-refractivity contribution in [2.45, 2.75) is 19.8 Å². The van der Waals surface area contributed by atoms with Crippen LogP contribution >= 0.6 is 11.6 Å².